The molecule has 0 aliphatic rings. The van der Waals surface area contributed by atoms with Gasteiger partial charge in [0, 0.05) is 11.9 Å². The number of thiocarbonyl (C=S) groups is 1. The average molecular weight is 366 g/mol. The van der Waals surface area contributed by atoms with E-state index in [0.717, 1.165) is 22.7 Å². The summed E-state index contributed by atoms with van der Waals surface area (Å²) in [6.45, 7) is 4.82. The highest BCUT2D eigenvalue weighted by Gasteiger charge is 2.06. The van der Waals surface area contributed by atoms with Crippen LogP contribution in [0.15, 0.2) is 54.9 Å². The quantitative estimate of drug-likeness (QED) is 0.657. The standard InChI is InChI=1S/C20H22N4OS/c1-14-6-4-9-19(15(14)2)23-20(26)22-17-11-21-24(13-17)12-16-7-5-8-18(10-16)25-3/h4-11,13H,12H2,1-3H3,(H2,22,23,26). The molecule has 0 radical (unpaired) electrons. The van der Waals surface area contributed by atoms with Gasteiger partial charge in [-0.3, -0.25) is 4.68 Å². The summed E-state index contributed by atoms with van der Waals surface area (Å²) in [5, 5.41) is 11.3. The minimum Gasteiger partial charge on any atom is -0.497 e. The Kier molecular flexibility index (Phi) is 5.53. The molecule has 2 N–H and O–H groups in total. The van der Waals surface area contributed by atoms with Gasteiger partial charge in [-0.05, 0) is 61.0 Å². The van der Waals surface area contributed by atoms with Gasteiger partial charge >= 0.3 is 0 Å². The molecule has 6 heteroatoms. The molecule has 1 aromatic heterocycles. The van der Waals surface area contributed by atoms with E-state index in [-0.39, 0.29) is 0 Å². The number of anilines is 2. The minimum absolute atomic E-state index is 0.541. The highest BCUT2D eigenvalue weighted by molar-refractivity contribution is 7.80. The van der Waals surface area contributed by atoms with Crippen LogP contribution in [0.25, 0.3) is 0 Å². The first-order chi connectivity index (χ1) is 12.5. The molecule has 3 rings (SSSR count). The molecule has 0 spiro atoms. The van der Waals surface area contributed by atoms with Crippen LogP contribution < -0.4 is 15.4 Å². The maximum atomic E-state index is 5.42. The van der Waals surface area contributed by atoms with E-state index in [1.54, 1.807) is 13.3 Å². The lowest BCUT2D eigenvalue weighted by Crippen LogP contribution is -2.19. The molecule has 5 nitrogen and oxygen atoms in total. The summed E-state index contributed by atoms with van der Waals surface area (Å²) < 4.78 is 7.12. The Morgan fingerprint density at radius 1 is 1.15 bits per heavy atom. The van der Waals surface area contributed by atoms with Gasteiger partial charge in [-0.1, -0.05) is 24.3 Å². The maximum absolute atomic E-state index is 5.42. The van der Waals surface area contributed by atoms with Crippen LogP contribution in [-0.4, -0.2) is 22.0 Å². The summed E-state index contributed by atoms with van der Waals surface area (Å²) in [7, 11) is 1.67. The van der Waals surface area contributed by atoms with Gasteiger partial charge in [0.1, 0.15) is 5.75 Å². The number of aromatic nitrogens is 2. The van der Waals surface area contributed by atoms with Gasteiger partial charge in [0.2, 0.25) is 0 Å². The summed E-state index contributed by atoms with van der Waals surface area (Å²) in [5.74, 6) is 0.840. The van der Waals surface area contributed by atoms with Gasteiger partial charge in [-0.15, -0.1) is 0 Å². The number of aryl methyl sites for hydroxylation is 1. The Bertz CT molecular complexity index is 920. The second-order valence-corrected chi connectivity index (χ2v) is 6.51. The number of rotatable bonds is 5. The van der Waals surface area contributed by atoms with Crippen LogP contribution in [0.1, 0.15) is 16.7 Å². The molecule has 0 aliphatic heterocycles. The highest BCUT2D eigenvalue weighted by Crippen LogP contribution is 2.19. The van der Waals surface area contributed by atoms with Crippen LogP contribution in [0.4, 0.5) is 11.4 Å². The summed E-state index contributed by atoms with van der Waals surface area (Å²) in [6, 6.07) is 14.1. The third-order valence-corrected chi connectivity index (χ3v) is 4.43. The van der Waals surface area contributed by atoms with E-state index < -0.39 is 0 Å². The molecular formula is C20H22N4OS. The molecule has 3 aromatic rings. The van der Waals surface area contributed by atoms with Gasteiger partial charge < -0.3 is 15.4 Å². The Labute approximate surface area is 159 Å². The van der Waals surface area contributed by atoms with Gasteiger partial charge in [-0.2, -0.15) is 5.10 Å². The van der Waals surface area contributed by atoms with Crippen molar-refractivity contribution in [2.45, 2.75) is 20.4 Å². The summed E-state index contributed by atoms with van der Waals surface area (Å²) >= 11 is 5.42. The van der Waals surface area contributed by atoms with Crippen molar-refractivity contribution in [3.8, 4) is 5.75 Å². The lowest BCUT2D eigenvalue weighted by molar-refractivity contribution is 0.414. The van der Waals surface area contributed by atoms with Gasteiger partial charge in [0.25, 0.3) is 0 Å². The van der Waals surface area contributed by atoms with Gasteiger partial charge in [0.15, 0.2) is 5.11 Å². The zero-order chi connectivity index (χ0) is 18.5. The molecule has 134 valence electrons. The molecule has 0 aliphatic carbocycles. The SMILES string of the molecule is COc1cccc(Cn2cc(NC(=S)Nc3cccc(C)c3C)cn2)c1. The molecule has 0 atom stereocenters. The van der Waals surface area contributed by atoms with Crippen LogP contribution in [0.5, 0.6) is 5.75 Å². The molecule has 1 heterocycles. The van der Waals surface area contributed by atoms with Crippen LogP contribution >= 0.6 is 12.2 Å². The Morgan fingerprint density at radius 3 is 2.77 bits per heavy atom. The van der Waals surface area contributed by atoms with E-state index in [0.29, 0.717) is 11.7 Å². The van der Waals surface area contributed by atoms with Crippen molar-refractivity contribution in [3.05, 3.63) is 71.5 Å². The Balaban J connectivity index is 1.62. The number of ether oxygens (including phenoxy) is 1. The molecule has 2 aromatic carbocycles. The van der Waals surface area contributed by atoms with Crippen molar-refractivity contribution in [1.29, 1.82) is 0 Å². The van der Waals surface area contributed by atoms with Crippen molar-refractivity contribution < 1.29 is 4.74 Å². The highest BCUT2D eigenvalue weighted by atomic mass is 32.1. The first kappa shape index (κ1) is 17.9. The fraction of sp³-hybridized carbons (Fsp3) is 0.200. The minimum atomic E-state index is 0.541. The van der Waals surface area contributed by atoms with E-state index in [2.05, 4.69) is 35.6 Å². The normalized spacial score (nSPS) is 10.4. The van der Waals surface area contributed by atoms with Gasteiger partial charge in [-0.25, -0.2) is 0 Å². The number of benzene rings is 2. The molecule has 0 bridgehead atoms. The number of nitrogens with zero attached hydrogens (tertiary/aromatic N) is 2. The summed E-state index contributed by atoms with van der Waals surface area (Å²) in [5.41, 5.74) is 5.38. The monoisotopic (exact) mass is 366 g/mol. The molecular weight excluding hydrogens is 344 g/mol. The number of hydrogen-bond donors (Lipinski definition) is 2. The van der Waals surface area contributed by atoms with E-state index in [1.807, 2.05) is 47.3 Å². The van der Waals surface area contributed by atoms with Crippen LogP contribution in [0, 0.1) is 13.8 Å². The molecule has 0 fully saturated rings. The lowest BCUT2D eigenvalue weighted by Gasteiger charge is -2.12. The fourth-order valence-electron chi connectivity index (χ4n) is 2.64. The molecule has 0 saturated carbocycles. The lowest BCUT2D eigenvalue weighted by atomic mass is 10.1. The largest absolute Gasteiger partial charge is 0.497 e. The maximum Gasteiger partial charge on any atom is 0.175 e. The summed E-state index contributed by atoms with van der Waals surface area (Å²) in [4.78, 5) is 0. The third-order valence-electron chi connectivity index (χ3n) is 4.22. The van der Waals surface area contributed by atoms with Crippen molar-refractivity contribution >= 4 is 28.7 Å². The topological polar surface area (TPSA) is 51.1 Å². The first-order valence-corrected chi connectivity index (χ1v) is 8.75. The smallest absolute Gasteiger partial charge is 0.175 e. The third kappa shape index (κ3) is 4.40. The second kappa shape index (κ2) is 8.01. The van der Waals surface area contributed by atoms with Crippen LogP contribution in [0.2, 0.25) is 0 Å². The first-order valence-electron chi connectivity index (χ1n) is 8.35. The van der Waals surface area contributed by atoms with E-state index in [1.165, 1.54) is 11.1 Å². The number of hydrogen-bond acceptors (Lipinski definition) is 3. The zero-order valence-electron chi connectivity index (χ0n) is 15.1. The van der Waals surface area contributed by atoms with Crippen molar-refractivity contribution in [1.82, 2.24) is 9.78 Å². The predicted octanol–water partition coefficient (Wildman–Crippen LogP) is 4.37. The van der Waals surface area contributed by atoms with Crippen LogP contribution in [0.3, 0.4) is 0 Å². The van der Waals surface area contributed by atoms with Crippen molar-refractivity contribution in [2.24, 2.45) is 0 Å². The molecule has 26 heavy (non-hydrogen) atoms. The number of nitrogens with one attached hydrogen (secondary N) is 2. The fourth-order valence-corrected chi connectivity index (χ4v) is 2.87. The van der Waals surface area contributed by atoms with Gasteiger partial charge in [0.05, 0.1) is 25.5 Å². The van der Waals surface area contributed by atoms with E-state index in [9.17, 15) is 0 Å². The zero-order valence-corrected chi connectivity index (χ0v) is 15.9. The molecule has 0 saturated heterocycles. The Morgan fingerprint density at radius 2 is 1.96 bits per heavy atom. The predicted molar refractivity (Wildman–Crippen MR) is 110 cm³/mol. The van der Waals surface area contributed by atoms with Crippen molar-refractivity contribution in [2.75, 3.05) is 17.7 Å². The number of methoxy groups -OCH3 is 1. The van der Waals surface area contributed by atoms with Crippen molar-refractivity contribution in [3.63, 3.8) is 0 Å². The molecule has 0 amide bonds. The Hall–Kier alpha value is -2.86. The average Bonchev–Trinajstić information content (AvgIpc) is 3.05. The molecule has 0 unspecified atom stereocenters. The van der Waals surface area contributed by atoms with E-state index >= 15 is 0 Å². The second-order valence-electron chi connectivity index (χ2n) is 6.10. The van der Waals surface area contributed by atoms with Crippen LogP contribution in [-0.2, 0) is 6.54 Å². The van der Waals surface area contributed by atoms with E-state index in [4.69, 9.17) is 17.0 Å². The summed E-state index contributed by atoms with van der Waals surface area (Å²) in [6.07, 6.45) is 3.69.